The van der Waals surface area contributed by atoms with Crippen LogP contribution in [0.2, 0.25) is 0 Å². The number of hydrogen-bond donors (Lipinski definition) is 1. The number of nitrogens with zero attached hydrogens (tertiary/aromatic N) is 1. The molecule has 0 aromatic heterocycles. The van der Waals surface area contributed by atoms with E-state index >= 15 is 0 Å². The summed E-state index contributed by atoms with van der Waals surface area (Å²) < 4.78 is 0. The molecule has 0 aliphatic carbocycles. The van der Waals surface area contributed by atoms with Gasteiger partial charge in [-0.3, -0.25) is 4.90 Å². The Morgan fingerprint density at radius 2 is 2.27 bits per heavy atom. The van der Waals surface area contributed by atoms with Crippen LogP contribution in [0.15, 0.2) is 0 Å². The fourth-order valence-corrected chi connectivity index (χ4v) is 1.84. The van der Waals surface area contributed by atoms with E-state index in [-0.39, 0.29) is 11.6 Å². The molecule has 1 atom stereocenters. The van der Waals surface area contributed by atoms with Crippen LogP contribution in [0, 0.1) is 0 Å². The van der Waals surface area contributed by atoms with E-state index < -0.39 is 0 Å². The summed E-state index contributed by atoms with van der Waals surface area (Å²) in [5.41, 5.74) is -0.0745. The lowest BCUT2D eigenvalue weighted by Crippen LogP contribution is -2.45. The summed E-state index contributed by atoms with van der Waals surface area (Å²) in [6.07, 6.45) is 0.690. The summed E-state index contributed by atoms with van der Waals surface area (Å²) in [4.78, 5) is 2.24. The fraction of sp³-hybridized carbons (Fsp3) is 1.00. The van der Waals surface area contributed by atoms with Gasteiger partial charge in [0.25, 0.3) is 0 Å². The van der Waals surface area contributed by atoms with Crippen LogP contribution in [0.25, 0.3) is 0 Å². The first-order chi connectivity index (χ1) is 5.09. The maximum Gasteiger partial charge on any atom is 0.0730 e. The van der Waals surface area contributed by atoms with Crippen LogP contribution >= 0.6 is 11.6 Å². The third kappa shape index (κ3) is 1.68. The smallest absolute Gasteiger partial charge is 0.0730 e. The highest BCUT2D eigenvalue weighted by molar-refractivity contribution is 6.18. The van der Waals surface area contributed by atoms with Crippen LogP contribution in [0.3, 0.4) is 0 Å². The molecule has 0 saturated carbocycles. The van der Waals surface area contributed by atoms with Crippen LogP contribution in [-0.2, 0) is 0 Å². The second-order valence-electron chi connectivity index (χ2n) is 3.63. The van der Waals surface area contributed by atoms with Crippen molar-refractivity contribution in [3.05, 3.63) is 0 Å². The SMILES string of the molecule is CC1(C)C(O)CCN1CCCl. The van der Waals surface area contributed by atoms with Crippen molar-refractivity contribution < 1.29 is 5.11 Å². The molecule has 1 aliphatic rings. The molecule has 0 aromatic rings. The van der Waals surface area contributed by atoms with Gasteiger partial charge in [0, 0.05) is 24.5 Å². The average Bonchev–Trinajstić information content (AvgIpc) is 2.16. The van der Waals surface area contributed by atoms with Crippen molar-refractivity contribution in [1.82, 2.24) is 4.90 Å². The summed E-state index contributed by atoms with van der Waals surface area (Å²) in [6, 6.07) is 0. The number of halogens is 1. The number of hydrogen-bond acceptors (Lipinski definition) is 2. The van der Waals surface area contributed by atoms with Crippen LogP contribution in [0.4, 0.5) is 0 Å². The molecule has 0 bridgehead atoms. The Hall–Kier alpha value is 0.210. The Morgan fingerprint density at radius 3 is 2.64 bits per heavy atom. The molecule has 2 nitrogen and oxygen atoms in total. The molecule has 66 valence electrons. The van der Waals surface area contributed by atoms with Crippen molar-refractivity contribution in [2.75, 3.05) is 19.0 Å². The molecule has 0 spiro atoms. The number of rotatable bonds is 2. The second kappa shape index (κ2) is 3.30. The van der Waals surface area contributed by atoms with Crippen LogP contribution in [0.5, 0.6) is 0 Å². The van der Waals surface area contributed by atoms with E-state index in [1.54, 1.807) is 0 Å². The minimum Gasteiger partial charge on any atom is -0.391 e. The lowest BCUT2D eigenvalue weighted by Gasteiger charge is -2.33. The zero-order valence-corrected chi connectivity index (χ0v) is 7.93. The molecule has 1 rings (SSSR count). The lowest BCUT2D eigenvalue weighted by molar-refractivity contribution is 0.0580. The summed E-state index contributed by atoms with van der Waals surface area (Å²) >= 11 is 5.63. The summed E-state index contributed by atoms with van der Waals surface area (Å²) in [6.45, 7) is 5.99. The molecule has 0 amide bonds. The first-order valence-electron chi connectivity index (χ1n) is 4.08. The zero-order chi connectivity index (χ0) is 8.48. The molecule has 0 aromatic carbocycles. The van der Waals surface area contributed by atoms with Gasteiger partial charge in [-0.15, -0.1) is 11.6 Å². The second-order valence-corrected chi connectivity index (χ2v) is 4.01. The topological polar surface area (TPSA) is 23.5 Å². The minimum absolute atomic E-state index is 0.0745. The number of aliphatic hydroxyl groups excluding tert-OH is 1. The molecule has 1 heterocycles. The van der Waals surface area contributed by atoms with Gasteiger partial charge in [-0.1, -0.05) is 0 Å². The third-order valence-corrected chi connectivity index (χ3v) is 2.83. The standard InChI is InChI=1S/C8H16ClNO/c1-8(2)7(11)3-5-10(8)6-4-9/h7,11H,3-6H2,1-2H3. The van der Waals surface area contributed by atoms with Gasteiger partial charge in [0.05, 0.1) is 6.10 Å². The molecule has 1 N–H and O–H groups in total. The molecule has 1 saturated heterocycles. The Kier molecular flexibility index (Phi) is 2.79. The first-order valence-corrected chi connectivity index (χ1v) is 4.61. The van der Waals surface area contributed by atoms with Gasteiger partial charge in [-0.25, -0.2) is 0 Å². The van der Waals surface area contributed by atoms with Crippen molar-refractivity contribution in [2.45, 2.75) is 31.9 Å². The van der Waals surface area contributed by atoms with Crippen molar-refractivity contribution in [1.29, 1.82) is 0 Å². The van der Waals surface area contributed by atoms with Gasteiger partial charge >= 0.3 is 0 Å². The van der Waals surface area contributed by atoms with Crippen LogP contribution in [-0.4, -0.2) is 40.6 Å². The Labute approximate surface area is 73.1 Å². The Bertz CT molecular complexity index is 136. The average molecular weight is 178 g/mol. The van der Waals surface area contributed by atoms with Gasteiger partial charge in [0.1, 0.15) is 0 Å². The van der Waals surface area contributed by atoms with E-state index in [9.17, 15) is 5.11 Å². The molecule has 1 fully saturated rings. The number of aliphatic hydroxyl groups is 1. The van der Waals surface area contributed by atoms with E-state index in [0.29, 0.717) is 5.88 Å². The Morgan fingerprint density at radius 1 is 1.64 bits per heavy atom. The van der Waals surface area contributed by atoms with E-state index in [1.165, 1.54) is 0 Å². The molecule has 3 heteroatoms. The predicted octanol–water partition coefficient (Wildman–Crippen LogP) is 1.07. The molecule has 0 radical (unpaired) electrons. The van der Waals surface area contributed by atoms with Gasteiger partial charge in [0.2, 0.25) is 0 Å². The van der Waals surface area contributed by atoms with E-state index in [1.807, 2.05) is 0 Å². The van der Waals surface area contributed by atoms with Crippen LogP contribution < -0.4 is 0 Å². The fourth-order valence-electron chi connectivity index (χ4n) is 1.63. The third-order valence-electron chi connectivity index (χ3n) is 2.66. The minimum atomic E-state index is -0.189. The van der Waals surface area contributed by atoms with Crippen molar-refractivity contribution in [3.63, 3.8) is 0 Å². The van der Waals surface area contributed by atoms with Crippen LogP contribution in [0.1, 0.15) is 20.3 Å². The van der Waals surface area contributed by atoms with Crippen molar-refractivity contribution >= 4 is 11.6 Å². The highest BCUT2D eigenvalue weighted by Crippen LogP contribution is 2.28. The number of likely N-dealkylation sites (tertiary alicyclic amines) is 1. The molecular formula is C8H16ClNO. The molecule has 11 heavy (non-hydrogen) atoms. The number of alkyl halides is 1. The van der Waals surface area contributed by atoms with Gasteiger partial charge in [0.15, 0.2) is 0 Å². The van der Waals surface area contributed by atoms with Gasteiger partial charge in [-0.2, -0.15) is 0 Å². The van der Waals surface area contributed by atoms with Crippen molar-refractivity contribution in [3.8, 4) is 0 Å². The zero-order valence-electron chi connectivity index (χ0n) is 7.18. The summed E-state index contributed by atoms with van der Waals surface area (Å²) in [5, 5.41) is 9.57. The molecule has 1 aliphatic heterocycles. The maximum atomic E-state index is 9.57. The maximum absolute atomic E-state index is 9.57. The normalized spacial score (nSPS) is 31.1. The molecule has 1 unspecified atom stereocenters. The Balaban J connectivity index is 2.55. The highest BCUT2D eigenvalue weighted by atomic mass is 35.5. The monoisotopic (exact) mass is 177 g/mol. The lowest BCUT2D eigenvalue weighted by atomic mass is 9.99. The largest absolute Gasteiger partial charge is 0.391 e. The predicted molar refractivity (Wildman–Crippen MR) is 47.0 cm³/mol. The van der Waals surface area contributed by atoms with Crippen molar-refractivity contribution in [2.24, 2.45) is 0 Å². The highest BCUT2D eigenvalue weighted by Gasteiger charge is 2.39. The van der Waals surface area contributed by atoms with Gasteiger partial charge < -0.3 is 5.11 Å². The van der Waals surface area contributed by atoms with E-state index in [2.05, 4.69) is 18.7 Å². The van der Waals surface area contributed by atoms with Gasteiger partial charge in [-0.05, 0) is 20.3 Å². The molecular weight excluding hydrogens is 162 g/mol. The van der Waals surface area contributed by atoms with E-state index in [4.69, 9.17) is 11.6 Å². The first kappa shape index (κ1) is 9.30. The quantitative estimate of drug-likeness (QED) is 0.638. The van der Waals surface area contributed by atoms with E-state index in [0.717, 1.165) is 19.5 Å². The summed E-state index contributed by atoms with van der Waals surface area (Å²) in [5.74, 6) is 0.649. The summed E-state index contributed by atoms with van der Waals surface area (Å²) in [7, 11) is 0.